The summed E-state index contributed by atoms with van der Waals surface area (Å²) in [6.07, 6.45) is 0.868. The maximum absolute atomic E-state index is 10.3. The predicted octanol–water partition coefficient (Wildman–Crippen LogP) is 0.987. The summed E-state index contributed by atoms with van der Waals surface area (Å²) < 4.78 is 9.93. The number of amides is 1. The topological polar surface area (TPSA) is 86.5 Å². The second-order valence-corrected chi connectivity index (χ2v) is 2.88. The van der Waals surface area contributed by atoms with Crippen LogP contribution in [0.3, 0.4) is 0 Å². The zero-order valence-electron chi connectivity index (χ0n) is 9.10. The molecular formula is C10H15N3O3. The van der Waals surface area contributed by atoms with Crippen LogP contribution in [0.2, 0.25) is 0 Å². The molecule has 1 aromatic rings. The molecular weight excluding hydrogens is 210 g/mol. The molecule has 0 aliphatic heterocycles. The number of carbonyl (C=O) groups excluding carboxylic acids is 1. The molecule has 6 heteroatoms. The normalized spacial score (nSPS) is 9.56. The number of aromatic nitrogens is 1. The van der Waals surface area contributed by atoms with E-state index in [1.54, 1.807) is 12.3 Å². The molecule has 0 aromatic carbocycles. The van der Waals surface area contributed by atoms with Gasteiger partial charge in [-0.15, -0.1) is 0 Å². The number of ether oxygens (including phenoxy) is 2. The van der Waals surface area contributed by atoms with Gasteiger partial charge < -0.3 is 20.5 Å². The summed E-state index contributed by atoms with van der Waals surface area (Å²) in [6.45, 7) is 3.09. The minimum Gasteiger partial charge on any atom is -0.490 e. The van der Waals surface area contributed by atoms with Crippen molar-refractivity contribution in [3.8, 4) is 5.75 Å². The molecule has 16 heavy (non-hydrogen) atoms. The van der Waals surface area contributed by atoms with Crippen molar-refractivity contribution in [3.63, 3.8) is 0 Å². The second kappa shape index (κ2) is 6.49. The SMILES string of the molecule is CCOc1cccnc1NCCOC(N)=O. The van der Waals surface area contributed by atoms with Gasteiger partial charge in [0.1, 0.15) is 6.61 Å². The van der Waals surface area contributed by atoms with E-state index in [0.717, 1.165) is 0 Å². The highest BCUT2D eigenvalue weighted by atomic mass is 16.5. The Hall–Kier alpha value is -1.98. The third-order valence-corrected chi connectivity index (χ3v) is 1.71. The summed E-state index contributed by atoms with van der Waals surface area (Å²) in [5.74, 6) is 1.29. The fraction of sp³-hybridized carbons (Fsp3) is 0.400. The molecule has 0 aliphatic carbocycles. The van der Waals surface area contributed by atoms with E-state index in [0.29, 0.717) is 24.7 Å². The van der Waals surface area contributed by atoms with E-state index in [4.69, 9.17) is 10.5 Å². The zero-order chi connectivity index (χ0) is 11.8. The van der Waals surface area contributed by atoms with Crippen molar-refractivity contribution in [2.75, 3.05) is 25.1 Å². The number of nitrogens with two attached hydrogens (primary N) is 1. The van der Waals surface area contributed by atoms with Crippen LogP contribution >= 0.6 is 0 Å². The number of hydrogen-bond donors (Lipinski definition) is 2. The highest BCUT2D eigenvalue weighted by molar-refractivity contribution is 5.64. The Kier molecular flexibility index (Phi) is 4.91. The van der Waals surface area contributed by atoms with Crippen molar-refractivity contribution in [1.82, 2.24) is 4.98 Å². The quantitative estimate of drug-likeness (QED) is 0.705. The van der Waals surface area contributed by atoms with Crippen LogP contribution < -0.4 is 15.8 Å². The lowest BCUT2D eigenvalue weighted by Gasteiger charge is -2.10. The summed E-state index contributed by atoms with van der Waals surface area (Å²) in [7, 11) is 0. The average molecular weight is 225 g/mol. The lowest BCUT2D eigenvalue weighted by Crippen LogP contribution is -2.18. The van der Waals surface area contributed by atoms with Gasteiger partial charge in [0.15, 0.2) is 11.6 Å². The van der Waals surface area contributed by atoms with Crippen molar-refractivity contribution in [2.45, 2.75) is 6.92 Å². The van der Waals surface area contributed by atoms with Crippen molar-refractivity contribution >= 4 is 11.9 Å². The van der Waals surface area contributed by atoms with Crippen LogP contribution in [0.1, 0.15) is 6.92 Å². The van der Waals surface area contributed by atoms with Crippen LogP contribution in [-0.2, 0) is 4.74 Å². The fourth-order valence-corrected chi connectivity index (χ4v) is 1.12. The van der Waals surface area contributed by atoms with Crippen LogP contribution in [0.5, 0.6) is 5.75 Å². The van der Waals surface area contributed by atoms with Crippen LogP contribution in [0, 0.1) is 0 Å². The third-order valence-electron chi connectivity index (χ3n) is 1.71. The van der Waals surface area contributed by atoms with Crippen LogP contribution in [-0.4, -0.2) is 30.8 Å². The molecule has 0 bridgehead atoms. The van der Waals surface area contributed by atoms with Gasteiger partial charge in [-0.25, -0.2) is 9.78 Å². The Morgan fingerprint density at radius 3 is 3.12 bits per heavy atom. The summed E-state index contributed by atoms with van der Waals surface area (Å²) in [5, 5.41) is 2.98. The van der Waals surface area contributed by atoms with Gasteiger partial charge >= 0.3 is 6.09 Å². The van der Waals surface area contributed by atoms with Gasteiger partial charge in [0.25, 0.3) is 0 Å². The van der Waals surface area contributed by atoms with Gasteiger partial charge in [0, 0.05) is 6.20 Å². The number of nitrogens with one attached hydrogen (secondary N) is 1. The molecule has 0 saturated carbocycles. The van der Waals surface area contributed by atoms with Crippen molar-refractivity contribution in [1.29, 1.82) is 0 Å². The maximum atomic E-state index is 10.3. The smallest absolute Gasteiger partial charge is 0.404 e. The number of hydrogen-bond acceptors (Lipinski definition) is 5. The Labute approximate surface area is 93.8 Å². The highest BCUT2D eigenvalue weighted by Gasteiger charge is 2.02. The molecule has 3 N–H and O–H groups in total. The molecule has 1 amide bonds. The second-order valence-electron chi connectivity index (χ2n) is 2.88. The molecule has 1 aromatic heterocycles. The lowest BCUT2D eigenvalue weighted by molar-refractivity contribution is 0.161. The average Bonchev–Trinajstić information content (AvgIpc) is 2.26. The van der Waals surface area contributed by atoms with E-state index >= 15 is 0 Å². The Balaban J connectivity index is 2.43. The van der Waals surface area contributed by atoms with E-state index in [2.05, 4.69) is 15.0 Å². The first-order valence-electron chi connectivity index (χ1n) is 4.98. The molecule has 88 valence electrons. The van der Waals surface area contributed by atoms with Crippen molar-refractivity contribution in [2.24, 2.45) is 5.73 Å². The van der Waals surface area contributed by atoms with Gasteiger partial charge in [0.2, 0.25) is 0 Å². The summed E-state index contributed by atoms with van der Waals surface area (Å²) >= 11 is 0. The molecule has 1 rings (SSSR count). The number of pyridine rings is 1. The maximum Gasteiger partial charge on any atom is 0.404 e. The van der Waals surface area contributed by atoms with Gasteiger partial charge in [-0.2, -0.15) is 0 Å². The summed E-state index contributed by atoms with van der Waals surface area (Å²) in [5.41, 5.74) is 4.82. The van der Waals surface area contributed by atoms with E-state index < -0.39 is 6.09 Å². The minimum atomic E-state index is -0.784. The number of primary amides is 1. The molecule has 0 unspecified atom stereocenters. The first-order valence-corrected chi connectivity index (χ1v) is 4.98. The van der Waals surface area contributed by atoms with Gasteiger partial charge in [-0.05, 0) is 19.1 Å². The van der Waals surface area contributed by atoms with Crippen LogP contribution in [0.15, 0.2) is 18.3 Å². The fourth-order valence-electron chi connectivity index (χ4n) is 1.12. The first-order chi connectivity index (χ1) is 7.74. The molecule has 0 atom stereocenters. The standard InChI is InChI=1S/C10H15N3O3/c1-2-15-8-4-3-5-12-9(8)13-6-7-16-10(11)14/h3-5H,2,6-7H2,1H3,(H2,11,14)(H,12,13). The summed E-state index contributed by atoms with van der Waals surface area (Å²) in [6, 6.07) is 3.60. The van der Waals surface area contributed by atoms with E-state index in [-0.39, 0.29) is 6.61 Å². The Morgan fingerprint density at radius 1 is 1.62 bits per heavy atom. The predicted molar refractivity (Wildman–Crippen MR) is 59.4 cm³/mol. The van der Waals surface area contributed by atoms with E-state index in [9.17, 15) is 4.79 Å². The lowest BCUT2D eigenvalue weighted by atomic mass is 10.4. The zero-order valence-corrected chi connectivity index (χ0v) is 9.10. The van der Waals surface area contributed by atoms with Crippen molar-refractivity contribution < 1.29 is 14.3 Å². The van der Waals surface area contributed by atoms with Gasteiger partial charge in [-0.1, -0.05) is 0 Å². The molecule has 0 aliphatic rings. The summed E-state index contributed by atoms with van der Waals surface area (Å²) in [4.78, 5) is 14.4. The van der Waals surface area contributed by atoms with E-state index in [1.807, 2.05) is 13.0 Å². The monoisotopic (exact) mass is 225 g/mol. The molecule has 1 heterocycles. The molecule has 6 nitrogen and oxygen atoms in total. The van der Waals surface area contributed by atoms with Crippen LogP contribution in [0.25, 0.3) is 0 Å². The van der Waals surface area contributed by atoms with Crippen molar-refractivity contribution in [3.05, 3.63) is 18.3 Å². The largest absolute Gasteiger partial charge is 0.490 e. The minimum absolute atomic E-state index is 0.192. The van der Waals surface area contributed by atoms with Gasteiger partial charge in [0.05, 0.1) is 13.2 Å². The third kappa shape index (κ3) is 4.04. The van der Waals surface area contributed by atoms with E-state index in [1.165, 1.54) is 0 Å². The molecule has 0 fully saturated rings. The van der Waals surface area contributed by atoms with Crippen LogP contribution in [0.4, 0.5) is 10.6 Å². The molecule has 0 spiro atoms. The number of nitrogens with zero attached hydrogens (tertiary/aromatic N) is 1. The Bertz CT molecular complexity index is 344. The Morgan fingerprint density at radius 2 is 2.44 bits per heavy atom. The number of anilines is 1. The van der Waals surface area contributed by atoms with Gasteiger partial charge in [-0.3, -0.25) is 0 Å². The molecule has 0 saturated heterocycles. The first kappa shape index (κ1) is 12.1. The number of rotatable bonds is 6. The highest BCUT2D eigenvalue weighted by Crippen LogP contribution is 2.20. The molecule has 0 radical (unpaired) electrons. The number of carbonyl (C=O) groups is 1.